The molecule has 1 aliphatic heterocycles. The van der Waals surface area contributed by atoms with Crippen LogP contribution in [0.1, 0.15) is 43.1 Å². The summed E-state index contributed by atoms with van der Waals surface area (Å²) < 4.78 is 5.32. The molecule has 1 aromatic heterocycles. The highest BCUT2D eigenvalue weighted by Gasteiger charge is 2.27. The molecule has 0 radical (unpaired) electrons. The van der Waals surface area contributed by atoms with E-state index in [1.165, 1.54) is 38.8 Å². The van der Waals surface area contributed by atoms with E-state index in [0.717, 1.165) is 31.1 Å². The summed E-state index contributed by atoms with van der Waals surface area (Å²) in [6, 6.07) is 2.11. The third-order valence-electron chi connectivity index (χ3n) is 3.67. The zero-order valence-electron chi connectivity index (χ0n) is 10.3. The van der Waals surface area contributed by atoms with Crippen molar-refractivity contribution < 1.29 is 4.52 Å². The summed E-state index contributed by atoms with van der Waals surface area (Å²) >= 11 is 0. The number of nitrogens with one attached hydrogen (secondary N) is 1. The van der Waals surface area contributed by atoms with Gasteiger partial charge in [0, 0.05) is 31.6 Å². The zero-order chi connectivity index (χ0) is 11.5. The zero-order valence-corrected chi connectivity index (χ0v) is 10.3. The fourth-order valence-electron chi connectivity index (χ4n) is 2.43. The Kier molecular flexibility index (Phi) is 3.43. The Hall–Kier alpha value is -0.870. The molecule has 3 rings (SSSR count). The lowest BCUT2D eigenvalue weighted by Crippen LogP contribution is -2.29. The molecule has 0 amide bonds. The summed E-state index contributed by atoms with van der Waals surface area (Å²) in [5, 5.41) is 7.53. The van der Waals surface area contributed by atoms with Crippen LogP contribution < -0.4 is 5.32 Å². The fourth-order valence-corrected chi connectivity index (χ4v) is 2.43. The van der Waals surface area contributed by atoms with E-state index in [9.17, 15) is 0 Å². The number of likely N-dealkylation sites (tertiary alicyclic amines) is 1. The number of hydrogen-bond donors (Lipinski definition) is 1. The van der Waals surface area contributed by atoms with Crippen molar-refractivity contribution in [1.29, 1.82) is 0 Å². The van der Waals surface area contributed by atoms with Crippen LogP contribution in [-0.2, 0) is 6.54 Å². The average molecular weight is 235 g/mol. The van der Waals surface area contributed by atoms with Crippen LogP contribution in [-0.4, -0.2) is 36.2 Å². The Balaban J connectivity index is 1.35. The van der Waals surface area contributed by atoms with Crippen LogP contribution in [0.25, 0.3) is 0 Å². The second kappa shape index (κ2) is 5.19. The van der Waals surface area contributed by atoms with E-state index >= 15 is 0 Å². The third-order valence-corrected chi connectivity index (χ3v) is 3.67. The lowest BCUT2D eigenvalue weighted by molar-refractivity contribution is 0.333. The Morgan fingerprint density at radius 1 is 1.35 bits per heavy atom. The molecule has 4 heteroatoms. The van der Waals surface area contributed by atoms with Gasteiger partial charge in [0.05, 0.1) is 5.69 Å². The van der Waals surface area contributed by atoms with Crippen molar-refractivity contribution in [3.05, 3.63) is 17.5 Å². The van der Waals surface area contributed by atoms with E-state index in [4.69, 9.17) is 4.52 Å². The molecule has 0 spiro atoms. The van der Waals surface area contributed by atoms with Crippen molar-refractivity contribution in [3.8, 4) is 0 Å². The molecule has 1 N–H and O–H groups in total. The van der Waals surface area contributed by atoms with Crippen LogP contribution in [0, 0.1) is 0 Å². The molecule has 2 heterocycles. The minimum atomic E-state index is 0.667. The summed E-state index contributed by atoms with van der Waals surface area (Å²) in [4.78, 5) is 2.52. The number of aromatic nitrogens is 1. The minimum absolute atomic E-state index is 0.667. The lowest BCUT2D eigenvalue weighted by Gasteiger charge is -2.14. The van der Waals surface area contributed by atoms with Crippen molar-refractivity contribution in [1.82, 2.24) is 15.4 Å². The smallest absolute Gasteiger partial charge is 0.140 e. The highest BCUT2D eigenvalue weighted by atomic mass is 16.5. The highest BCUT2D eigenvalue weighted by molar-refractivity contribution is 5.14. The van der Waals surface area contributed by atoms with Gasteiger partial charge in [-0.2, -0.15) is 0 Å². The molecule has 17 heavy (non-hydrogen) atoms. The van der Waals surface area contributed by atoms with Gasteiger partial charge in [-0.3, -0.25) is 0 Å². The van der Waals surface area contributed by atoms with Gasteiger partial charge in [0.15, 0.2) is 0 Å². The second-order valence-electron chi connectivity index (χ2n) is 5.22. The summed E-state index contributed by atoms with van der Waals surface area (Å²) in [5.74, 6) is 1.75. The van der Waals surface area contributed by atoms with Crippen LogP contribution in [0.4, 0.5) is 0 Å². The van der Waals surface area contributed by atoms with E-state index in [-0.39, 0.29) is 0 Å². The first-order valence-corrected chi connectivity index (χ1v) is 6.80. The summed E-state index contributed by atoms with van der Waals surface area (Å²) in [6.45, 7) is 5.60. The standard InChI is InChI=1S/C13H21N3O/c1-2-7-16(6-1)8-5-14-10-12-9-13(17-15-12)11-3-4-11/h9,11,14H,1-8,10H2. The van der Waals surface area contributed by atoms with Crippen LogP contribution in [0.2, 0.25) is 0 Å². The second-order valence-corrected chi connectivity index (χ2v) is 5.22. The van der Waals surface area contributed by atoms with E-state index in [1.807, 2.05) is 0 Å². The quantitative estimate of drug-likeness (QED) is 0.763. The van der Waals surface area contributed by atoms with Gasteiger partial charge in [-0.15, -0.1) is 0 Å². The first kappa shape index (κ1) is 11.2. The van der Waals surface area contributed by atoms with Gasteiger partial charge < -0.3 is 14.7 Å². The molecule has 0 aromatic carbocycles. The molecule has 2 fully saturated rings. The predicted octanol–water partition coefficient (Wildman–Crippen LogP) is 1.74. The van der Waals surface area contributed by atoms with Crippen molar-refractivity contribution in [3.63, 3.8) is 0 Å². The number of hydrogen-bond acceptors (Lipinski definition) is 4. The van der Waals surface area contributed by atoms with Gasteiger partial charge in [-0.25, -0.2) is 0 Å². The van der Waals surface area contributed by atoms with E-state index in [0.29, 0.717) is 5.92 Å². The molecule has 94 valence electrons. The Morgan fingerprint density at radius 3 is 2.94 bits per heavy atom. The predicted molar refractivity (Wildman–Crippen MR) is 65.9 cm³/mol. The van der Waals surface area contributed by atoms with Crippen molar-refractivity contribution in [2.75, 3.05) is 26.2 Å². The molecule has 0 atom stereocenters. The van der Waals surface area contributed by atoms with Crippen molar-refractivity contribution >= 4 is 0 Å². The molecule has 1 aliphatic carbocycles. The molecule has 1 saturated heterocycles. The molecule has 1 aromatic rings. The Morgan fingerprint density at radius 2 is 2.18 bits per heavy atom. The molecule has 0 unspecified atom stereocenters. The van der Waals surface area contributed by atoms with E-state index < -0.39 is 0 Å². The SMILES string of the molecule is c1c(CNCCN2CCCC2)noc1C1CC1. The van der Waals surface area contributed by atoms with Gasteiger partial charge in [0.2, 0.25) is 0 Å². The van der Waals surface area contributed by atoms with Crippen LogP contribution in [0.15, 0.2) is 10.6 Å². The van der Waals surface area contributed by atoms with Crippen LogP contribution in [0.3, 0.4) is 0 Å². The molecule has 2 aliphatic rings. The van der Waals surface area contributed by atoms with Crippen molar-refractivity contribution in [2.45, 2.75) is 38.1 Å². The fraction of sp³-hybridized carbons (Fsp3) is 0.769. The average Bonchev–Trinajstić information content (AvgIpc) is 2.89. The molecule has 4 nitrogen and oxygen atoms in total. The Bertz CT molecular complexity index is 353. The maximum atomic E-state index is 5.32. The molecular weight excluding hydrogens is 214 g/mol. The number of rotatable bonds is 6. The third kappa shape index (κ3) is 3.07. The topological polar surface area (TPSA) is 41.3 Å². The molecule has 0 bridgehead atoms. The van der Waals surface area contributed by atoms with Crippen LogP contribution >= 0.6 is 0 Å². The monoisotopic (exact) mass is 235 g/mol. The largest absolute Gasteiger partial charge is 0.361 e. The summed E-state index contributed by atoms with van der Waals surface area (Å²) in [7, 11) is 0. The van der Waals surface area contributed by atoms with Gasteiger partial charge in [-0.05, 0) is 38.8 Å². The molecular formula is C13H21N3O. The van der Waals surface area contributed by atoms with Crippen LogP contribution in [0.5, 0.6) is 0 Å². The van der Waals surface area contributed by atoms with Gasteiger partial charge in [-0.1, -0.05) is 5.16 Å². The van der Waals surface area contributed by atoms with Gasteiger partial charge >= 0.3 is 0 Å². The summed E-state index contributed by atoms with van der Waals surface area (Å²) in [5.41, 5.74) is 1.05. The highest BCUT2D eigenvalue weighted by Crippen LogP contribution is 2.40. The first-order valence-electron chi connectivity index (χ1n) is 6.80. The number of nitrogens with zero attached hydrogens (tertiary/aromatic N) is 2. The first-order chi connectivity index (χ1) is 8.42. The van der Waals surface area contributed by atoms with Gasteiger partial charge in [0.1, 0.15) is 5.76 Å². The Labute approximate surface area is 102 Å². The lowest BCUT2D eigenvalue weighted by atomic mass is 10.3. The minimum Gasteiger partial charge on any atom is -0.361 e. The van der Waals surface area contributed by atoms with Crippen molar-refractivity contribution in [2.24, 2.45) is 0 Å². The summed E-state index contributed by atoms with van der Waals surface area (Å²) in [6.07, 6.45) is 5.29. The van der Waals surface area contributed by atoms with E-state index in [2.05, 4.69) is 21.4 Å². The van der Waals surface area contributed by atoms with Gasteiger partial charge in [0.25, 0.3) is 0 Å². The molecule has 1 saturated carbocycles. The maximum Gasteiger partial charge on any atom is 0.140 e. The maximum absolute atomic E-state index is 5.32. The normalized spacial score (nSPS) is 21.2. The van der Waals surface area contributed by atoms with E-state index in [1.54, 1.807) is 0 Å².